The molecular weight excluding hydrogens is 433 g/mol. The molecule has 0 unspecified atom stereocenters. The monoisotopic (exact) mass is 449 g/mol. The average Bonchev–Trinajstić information content (AvgIpc) is 2.65. The van der Waals surface area contributed by atoms with E-state index in [1.54, 1.807) is 49.5 Å². The van der Waals surface area contributed by atoms with Gasteiger partial charge in [-0.1, -0.05) is 35.3 Å². The summed E-state index contributed by atoms with van der Waals surface area (Å²) in [7, 11) is -4.00. The van der Waals surface area contributed by atoms with Crippen molar-refractivity contribution in [3.8, 4) is 0 Å². The van der Waals surface area contributed by atoms with Gasteiger partial charge in [-0.3, -0.25) is 14.5 Å². The minimum Gasteiger partial charge on any atom is -0.348 e. The number of halogens is 2. The van der Waals surface area contributed by atoms with Crippen LogP contribution in [0.25, 0.3) is 0 Å². The van der Waals surface area contributed by atoms with Gasteiger partial charge in [0.1, 0.15) is 4.90 Å². The number of hydrogen-bond donors (Lipinski definition) is 2. The molecule has 0 aliphatic carbocycles. The maximum absolute atomic E-state index is 12.8. The summed E-state index contributed by atoms with van der Waals surface area (Å²) in [5, 5.41) is 3.58. The first-order valence-corrected chi connectivity index (χ1v) is 10.8. The highest BCUT2D eigenvalue weighted by Crippen LogP contribution is 2.21. The first-order valence-electron chi connectivity index (χ1n) is 8.51. The Bertz CT molecular complexity index is 1150. The van der Waals surface area contributed by atoms with E-state index in [2.05, 4.69) is 15.0 Å². The predicted molar refractivity (Wildman–Crippen MR) is 114 cm³/mol. The van der Waals surface area contributed by atoms with Crippen LogP contribution in [0.4, 0.5) is 5.69 Å². The second-order valence-corrected chi connectivity index (χ2v) is 8.84. The van der Waals surface area contributed by atoms with Crippen molar-refractivity contribution in [2.24, 2.45) is 0 Å². The van der Waals surface area contributed by atoms with Gasteiger partial charge < -0.3 is 5.32 Å². The summed E-state index contributed by atoms with van der Waals surface area (Å²) < 4.78 is 28.2. The molecule has 2 N–H and O–H groups in total. The lowest BCUT2D eigenvalue weighted by molar-refractivity contribution is 0.0947. The Labute approximate surface area is 178 Å². The highest BCUT2D eigenvalue weighted by atomic mass is 35.5. The van der Waals surface area contributed by atoms with Crippen molar-refractivity contribution in [2.75, 3.05) is 4.72 Å². The van der Waals surface area contributed by atoms with Crippen LogP contribution in [0.1, 0.15) is 21.5 Å². The number of hydrogen-bond acceptors (Lipinski definition) is 4. The Morgan fingerprint density at radius 3 is 2.41 bits per heavy atom. The van der Waals surface area contributed by atoms with Crippen molar-refractivity contribution in [2.45, 2.75) is 18.4 Å². The maximum Gasteiger partial charge on any atom is 0.262 e. The van der Waals surface area contributed by atoms with Crippen LogP contribution in [0.15, 0.2) is 65.8 Å². The van der Waals surface area contributed by atoms with Crippen molar-refractivity contribution in [3.05, 3.63) is 87.7 Å². The van der Waals surface area contributed by atoms with Crippen molar-refractivity contribution >= 4 is 44.8 Å². The van der Waals surface area contributed by atoms with Gasteiger partial charge in [0.2, 0.25) is 0 Å². The van der Waals surface area contributed by atoms with E-state index in [0.29, 0.717) is 21.3 Å². The van der Waals surface area contributed by atoms with E-state index in [-0.39, 0.29) is 17.0 Å². The van der Waals surface area contributed by atoms with Crippen LogP contribution in [-0.4, -0.2) is 19.3 Å². The van der Waals surface area contributed by atoms with E-state index < -0.39 is 15.9 Å². The van der Waals surface area contributed by atoms with E-state index in [1.165, 1.54) is 18.3 Å². The van der Waals surface area contributed by atoms with E-state index in [1.807, 2.05) is 0 Å². The Kier molecular flexibility index (Phi) is 6.42. The molecule has 0 radical (unpaired) electrons. The number of aromatic nitrogens is 1. The molecule has 0 aliphatic heterocycles. The van der Waals surface area contributed by atoms with Crippen molar-refractivity contribution in [3.63, 3.8) is 0 Å². The molecule has 1 aromatic heterocycles. The molecule has 0 fully saturated rings. The summed E-state index contributed by atoms with van der Waals surface area (Å²) >= 11 is 11.9. The average molecular weight is 450 g/mol. The van der Waals surface area contributed by atoms with Gasteiger partial charge in [0.15, 0.2) is 0 Å². The van der Waals surface area contributed by atoms with Crippen LogP contribution in [0.3, 0.4) is 0 Å². The molecule has 2 aromatic carbocycles. The van der Waals surface area contributed by atoms with Crippen LogP contribution < -0.4 is 10.0 Å². The number of aryl methyl sites for hydroxylation is 1. The lowest BCUT2D eigenvalue weighted by Gasteiger charge is -2.13. The van der Waals surface area contributed by atoms with Gasteiger partial charge in [0.05, 0.1) is 17.4 Å². The number of sulfonamides is 1. The predicted octanol–water partition coefficient (Wildman–Crippen LogP) is 4.43. The zero-order chi connectivity index (χ0) is 21.0. The summed E-state index contributed by atoms with van der Waals surface area (Å²) in [6.45, 7) is 1.94. The van der Waals surface area contributed by atoms with E-state index >= 15 is 0 Å². The number of carbonyl (C=O) groups excluding carboxylic acids is 1. The minimum absolute atomic E-state index is 0.0220. The summed E-state index contributed by atoms with van der Waals surface area (Å²) in [5.74, 6) is -0.538. The zero-order valence-corrected chi connectivity index (χ0v) is 17.6. The van der Waals surface area contributed by atoms with E-state index in [9.17, 15) is 13.2 Å². The molecule has 0 bridgehead atoms. The lowest BCUT2D eigenvalue weighted by Crippen LogP contribution is -2.26. The molecule has 0 atom stereocenters. The molecule has 29 heavy (non-hydrogen) atoms. The molecule has 3 aromatic rings. The number of amides is 1. The van der Waals surface area contributed by atoms with Crippen molar-refractivity contribution in [1.82, 2.24) is 10.3 Å². The Balaban J connectivity index is 1.83. The fourth-order valence-corrected chi connectivity index (χ4v) is 4.51. The number of carbonyl (C=O) groups is 1. The largest absolute Gasteiger partial charge is 0.348 e. The molecule has 3 rings (SSSR count). The third-order valence-corrected chi connectivity index (χ3v) is 5.80. The van der Waals surface area contributed by atoms with Gasteiger partial charge >= 0.3 is 0 Å². The van der Waals surface area contributed by atoms with Crippen molar-refractivity contribution in [1.29, 1.82) is 0 Å². The molecule has 0 saturated heterocycles. The first-order chi connectivity index (χ1) is 13.7. The molecule has 1 amide bonds. The Hall–Kier alpha value is -2.61. The quantitative estimate of drug-likeness (QED) is 0.582. The summed E-state index contributed by atoms with van der Waals surface area (Å²) in [6, 6.07) is 12.5. The third-order valence-electron chi connectivity index (χ3n) is 3.92. The van der Waals surface area contributed by atoms with Crippen LogP contribution >= 0.6 is 23.2 Å². The number of nitrogens with one attached hydrogen (secondary N) is 2. The fraction of sp³-hybridized carbons (Fsp3) is 0.100. The highest BCUT2D eigenvalue weighted by molar-refractivity contribution is 7.92. The fourth-order valence-electron chi connectivity index (χ4n) is 2.70. The first kappa shape index (κ1) is 21.1. The second kappa shape index (κ2) is 8.82. The standard InChI is InChI=1S/C20H17Cl2N3O3S/c1-13-6-17(12-23-10-13)25-29(27,28)19-5-3-2-4-18(19)20(26)24-11-14-7-15(21)9-16(22)8-14/h2-10,12,25H,11H2,1H3,(H,24,26). The molecule has 9 heteroatoms. The van der Waals surface area contributed by atoms with Gasteiger partial charge in [-0.05, 0) is 54.4 Å². The van der Waals surface area contributed by atoms with E-state index in [0.717, 1.165) is 5.56 Å². The van der Waals surface area contributed by atoms with Gasteiger partial charge in [-0.15, -0.1) is 0 Å². The summed E-state index contributed by atoms with van der Waals surface area (Å²) in [5.41, 5.74) is 1.83. The van der Waals surface area contributed by atoms with Gasteiger partial charge in [0, 0.05) is 22.8 Å². The number of benzene rings is 2. The Morgan fingerprint density at radius 1 is 1.03 bits per heavy atom. The maximum atomic E-state index is 12.8. The van der Waals surface area contributed by atoms with Crippen LogP contribution in [-0.2, 0) is 16.6 Å². The third kappa shape index (κ3) is 5.47. The second-order valence-electron chi connectivity index (χ2n) is 6.31. The topological polar surface area (TPSA) is 88.2 Å². The van der Waals surface area contributed by atoms with Crippen LogP contribution in [0.2, 0.25) is 10.0 Å². The molecule has 150 valence electrons. The number of anilines is 1. The molecular formula is C20H17Cl2N3O3S. The van der Waals surface area contributed by atoms with E-state index in [4.69, 9.17) is 23.2 Å². The number of nitrogens with zero attached hydrogens (tertiary/aromatic N) is 1. The highest BCUT2D eigenvalue weighted by Gasteiger charge is 2.22. The van der Waals surface area contributed by atoms with Gasteiger partial charge in [0.25, 0.3) is 15.9 Å². The number of rotatable bonds is 6. The normalized spacial score (nSPS) is 11.1. The molecule has 0 aliphatic rings. The van der Waals surface area contributed by atoms with Gasteiger partial charge in [-0.2, -0.15) is 0 Å². The minimum atomic E-state index is -4.00. The lowest BCUT2D eigenvalue weighted by atomic mass is 10.2. The number of pyridine rings is 1. The van der Waals surface area contributed by atoms with Gasteiger partial charge in [-0.25, -0.2) is 8.42 Å². The van der Waals surface area contributed by atoms with Crippen LogP contribution in [0, 0.1) is 6.92 Å². The molecule has 6 nitrogen and oxygen atoms in total. The Morgan fingerprint density at radius 2 is 1.72 bits per heavy atom. The summed E-state index contributed by atoms with van der Waals surface area (Å²) in [4.78, 5) is 16.5. The van der Waals surface area contributed by atoms with Crippen LogP contribution in [0.5, 0.6) is 0 Å². The summed E-state index contributed by atoms with van der Waals surface area (Å²) in [6.07, 6.45) is 3.01. The molecule has 0 spiro atoms. The zero-order valence-electron chi connectivity index (χ0n) is 15.3. The molecule has 0 saturated carbocycles. The van der Waals surface area contributed by atoms with Crippen molar-refractivity contribution < 1.29 is 13.2 Å². The smallest absolute Gasteiger partial charge is 0.262 e. The SMILES string of the molecule is Cc1cncc(NS(=O)(=O)c2ccccc2C(=O)NCc2cc(Cl)cc(Cl)c2)c1. The molecule has 1 heterocycles.